The van der Waals surface area contributed by atoms with Crippen LogP contribution in [-0.2, 0) is 0 Å². The molecule has 0 amide bonds. The molecule has 2 N–H and O–H groups in total. The minimum absolute atomic E-state index is 0.272. The van der Waals surface area contributed by atoms with Gasteiger partial charge in [-0.15, -0.1) is 0 Å². The number of anilines is 3. The van der Waals surface area contributed by atoms with Crippen LogP contribution in [0.5, 0.6) is 0 Å². The lowest BCUT2D eigenvalue weighted by Crippen LogP contribution is -2.19. The van der Waals surface area contributed by atoms with Crippen LogP contribution < -0.4 is 10.6 Å². The van der Waals surface area contributed by atoms with Crippen molar-refractivity contribution in [3.05, 3.63) is 54.1 Å². The summed E-state index contributed by atoms with van der Waals surface area (Å²) in [5, 5.41) is 7.27. The number of aromatic nitrogens is 2. The van der Waals surface area contributed by atoms with Crippen LogP contribution in [-0.4, -0.2) is 16.0 Å². The lowest BCUT2D eigenvalue weighted by Gasteiger charge is -2.16. The van der Waals surface area contributed by atoms with Crippen LogP contribution in [0.2, 0.25) is 0 Å². The van der Waals surface area contributed by atoms with Gasteiger partial charge in [-0.1, -0.05) is 12.1 Å². The number of benzene rings is 2. The molecule has 0 bridgehead atoms. The SMILES string of the molecule is C[C@@H](Nc1nc(Nc2cc(F)cc(F)c2)nc2ccccc12)C1CC1. The molecule has 1 heterocycles. The molecule has 1 saturated carbocycles. The first kappa shape index (κ1) is 15.7. The molecule has 25 heavy (non-hydrogen) atoms. The van der Waals surface area contributed by atoms with Gasteiger partial charge < -0.3 is 10.6 Å². The van der Waals surface area contributed by atoms with Gasteiger partial charge in [-0.2, -0.15) is 4.98 Å². The molecule has 1 aliphatic carbocycles. The molecule has 3 aromatic rings. The number of hydrogen-bond donors (Lipinski definition) is 2. The monoisotopic (exact) mass is 340 g/mol. The van der Waals surface area contributed by atoms with Crippen molar-refractivity contribution in [2.45, 2.75) is 25.8 Å². The summed E-state index contributed by atoms with van der Waals surface area (Å²) in [6, 6.07) is 11.3. The van der Waals surface area contributed by atoms with E-state index in [0.717, 1.165) is 22.8 Å². The molecule has 6 heteroatoms. The summed E-state index contributed by atoms with van der Waals surface area (Å²) in [5.74, 6) is 0.397. The average Bonchev–Trinajstić information content (AvgIpc) is 3.39. The van der Waals surface area contributed by atoms with E-state index in [0.29, 0.717) is 17.9 Å². The lowest BCUT2D eigenvalue weighted by atomic mass is 10.2. The van der Waals surface area contributed by atoms with Gasteiger partial charge in [0.05, 0.1) is 5.52 Å². The van der Waals surface area contributed by atoms with Crippen LogP contribution in [0, 0.1) is 17.6 Å². The quantitative estimate of drug-likeness (QED) is 0.696. The van der Waals surface area contributed by atoms with E-state index >= 15 is 0 Å². The lowest BCUT2D eigenvalue weighted by molar-refractivity contribution is 0.584. The molecule has 0 radical (unpaired) electrons. The molecule has 1 aliphatic rings. The van der Waals surface area contributed by atoms with E-state index < -0.39 is 11.6 Å². The van der Waals surface area contributed by atoms with Crippen LogP contribution >= 0.6 is 0 Å². The van der Waals surface area contributed by atoms with Crippen molar-refractivity contribution in [1.29, 1.82) is 0 Å². The maximum atomic E-state index is 13.4. The van der Waals surface area contributed by atoms with E-state index in [1.807, 2.05) is 24.3 Å². The van der Waals surface area contributed by atoms with Crippen molar-refractivity contribution >= 4 is 28.4 Å². The minimum atomic E-state index is -0.649. The first-order chi connectivity index (χ1) is 12.1. The Morgan fingerprint density at radius 2 is 1.76 bits per heavy atom. The molecule has 4 rings (SSSR count). The fourth-order valence-corrected chi connectivity index (χ4v) is 2.93. The second-order valence-corrected chi connectivity index (χ2v) is 6.47. The first-order valence-corrected chi connectivity index (χ1v) is 8.35. The van der Waals surface area contributed by atoms with E-state index in [2.05, 4.69) is 27.5 Å². The third-order valence-corrected chi connectivity index (χ3v) is 4.42. The van der Waals surface area contributed by atoms with E-state index in [1.165, 1.54) is 25.0 Å². The molecule has 0 spiro atoms. The first-order valence-electron chi connectivity index (χ1n) is 8.35. The molecular formula is C19H18F2N4. The number of rotatable bonds is 5. The van der Waals surface area contributed by atoms with Crippen molar-refractivity contribution in [2.75, 3.05) is 10.6 Å². The number of fused-ring (bicyclic) bond motifs is 1. The Hall–Kier alpha value is -2.76. The smallest absolute Gasteiger partial charge is 0.229 e. The Morgan fingerprint density at radius 3 is 2.48 bits per heavy atom. The van der Waals surface area contributed by atoms with E-state index in [4.69, 9.17) is 0 Å². The van der Waals surface area contributed by atoms with Gasteiger partial charge in [0, 0.05) is 23.2 Å². The highest BCUT2D eigenvalue weighted by molar-refractivity contribution is 5.90. The molecule has 1 aromatic heterocycles. The van der Waals surface area contributed by atoms with E-state index in [-0.39, 0.29) is 5.69 Å². The number of nitrogens with one attached hydrogen (secondary N) is 2. The maximum Gasteiger partial charge on any atom is 0.229 e. The number of hydrogen-bond acceptors (Lipinski definition) is 4. The van der Waals surface area contributed by atoms with E-state index in [9.17, 15) is 8.78 Å². The molecule has 4 nitrogen and oxygen atoms in total. The Kier molecular flexibility index (Phi) is 3.95. The van der Waals surface area contributed by atoms with Crippen LogP contribution in [0.3, 0.4) is 0 Å². The summed E-state index contributed by atoms with van der Waals surface area (Å²) < 4.78 is 26.8. The van der Waals surface area contributed by atoms with Crippen LogP contribution in [0.4, 0.5) is 26.2 Å². The van der Waals surface area contributed by atoms with Crippen molar-refractivity contribution in [1.82, 2.24) is 9.97 Å². The topological polar surface area (TPSA) is 49.8 Å². The molecular weight excluding hydrogens is 322 g/mol. The van der Waals surface area contributed by atoms with Crippen LogP contribution in [0.15, 0.2) is 42.5 Å². The third-order valence-electron chi connectivity index (χ3n) is 4.42. The van der Waals surface area contributed by atoms with Gasteiger partial charge in [-0.3, -0.25) is 0 Å². The normalized spacial score (nSPS) is 15.2. The molecule has 128 valence electrons. The van der Waals surface area contributed by atoms with E-state index in [1.54, 1.807) is 0 Å². The van der Waals surface area contributed by atoms with Crippen molar-refractivity contribution in [3.63, 3.8) is 0 Å². The molecule has 2 aromatic carbocycles. The predicted octanol–water partition coefficient (Wildman–Crippen LogP) is 4.86. The fourth-order valence-electron chi connectivity index (χ4n) is 2.93. The highest BCUT2D eigenvalue weighted by Gasteiger charge is 2.28. The summed E-state index contributed by atoms with van der Waals surface area (Å²) in [6.07, 6.45) is 2.45. The zero-order chi connectivity index (χ0) is 17.4. The summed E-state index contributed by atoms with van der Waals surface area (Å²) in [4.78, 5) is 8.98. The summed E-state index contributed by atoms with van der Waals surface area (Å²) in [5.41, 5.74) is 1.04. The Balaban J connectivity index is 1.70. The predicted molar refractivity (Wildman–Crippen MR) is 95.0 cm³/mol. The largest absolute Gasteiger partial charge is 0.367 e. The Bertz CT molecular complexity index is 904. The minimum Gasteiger partial charge on any atom is -0.367 e. The van der Waals surface area contributed by atoms with Crippen molar-refractivity contribution in [3.8, 4) is 0 Å². The second kappa shape index (κ2) is 6.27. The maximum absolute atomic E-state index is 13.4. The van der Waals surface area contributed by atoms with Gasteiger partial charge in [-0.25, -0.2) is 13.8 Å². The number of nitrogens with zero attached hydrogens (tertiary/aromatic N) is 2. The fraction of sp³-hybridized carbons (Fsp3) is 0.263. The molecule has 0 aliphatic heterocycles. The van der Waals surface area contributed by atoms with Crippen LogP contribution in [0.25, 0.3) is 10.9 Å². The summed E-state index contributed by atoms with van der Waals surface area (Å²) in [7, 11) is 0. The van der Waals surface area contributed by atoms with Crippen LogP contribution in [0.1, 0.15) is 19.8 Å². The van der Waals surface area contributed by atoms with Crippen molar-refractivity contribution < 1.29 is 8.78 Å². The highest BCUT2D eigenvalue weighted by atomic mass is 19.1. The van der Waals surface area contributed by atoms with Crippen molar-refractivity contribution in [2.24, 2.45) is 5.92 Å². The standard InChI is InChI=1S/C19H18F2N4/c1-11(12-6-7-12)22-18-16-4-2-3-5-17(16)24-19(25-18)23-15-9-13(20)8-14(21)10-15/h2-5,8-12H,6-7H2,1H3,(H2,22,23,24,25)/t11-/m1/s1. The van der Waals surface area contributed by atoms with Gasteiger partial charge in [0.25, 0.3) is 0 Å². The molecule has 0 saturated heterocycles. The van der Waals surface area contributed by atoms with Gasteiger partial charge in [0.15, 0.2) is 0 Å². The van der Waals surface area contributed by atoms with Gasteiger partial charge in [-0.05, 0) is 49.9 Å². The molecule has 1 atom stereocenters. The Morgan fingerprint density at radius 1 is 1.04 bits per heavy atom. The second-order valence-electron chi connectivity index (χ2n) is 6.47. The van der Waals surface area contributed by atoms with Gasteiger partial charge in [0.2, 0.25) is 5.95 Å². The Labute approximate surface area is 144 Å². The van der Waals surface area contributed by atoms with Gasteiger partial charge >= 0.3 is 0 Å². The third kappa shape index (κ3) is 3.52. The van der Waals surface area contributed by atoms with Gasteiger partial charge in [0.1, 0.15) is 17.5 Å². The molecule has 1 fully saturated rings. The highest BCUT2D eigenvalue weighted by Crippen LogP contribution is 2.35. The summed E-state index contributed by atoms with van der Waals surface area (Å²) in [6.45, 7) is 2.14. The average molecular weight is 340 g/mol. The number of para-hydroxylation sites is 1. The summed E-state index contributed by atoms with van der Waals surface area (Å²) >= 11 is 0. The molecule has 0 unspecified atom stereocenters. The zero-order valence-electron chi connectivity index (χ0n) is 13.8. The number of halogens is 2. The zero-order valence-corrected chi connectivity index (χ0v) is 13.8.